The highest BCUT2D eigenvalue weighted by Crippen LogP contribution is 2.23. The van der Waals surface area contributed by atoms with Gasteiger partial charge < -0.3 is 9.67 Å². The van der Waals surface area contributed by atoms with E-state index in [-0.39, 0.29) is 6.04 Å². The van der Waals surface area contributed by atoms with Gasteiger partial charge in [0.1, 0.15) is 11.9 Å². The average Bonchev–Trinajstić information content (AvgIpc) is 2.77. The first kappa shape index (κ1) is 11.7. The third kappa shape index (κ3) is 2.34. The van der Waals surface area contributed by atoms with E-state index >= 15 is 0 Å². The van der Waals surface area contributed by atoms with Gasteiger partial charge in [-0.05, 0) is 19.9 Å². The van der Waals surface area contributed by atoms with E-state index in [4.69, 9.17) is 0 Å². The maximum Gasteiger partial charge on any atom is 0.141 e. The smallest absolute Gasteiger partial charge is 0.141 e. The molecule has 2 rings (SSSR count). The third-order valence-corrected chi connectivity index (χ3v) is 2.57. The number of pyridine rings is 1. The predicted molar refractivity (Wildman–Crippen MR) is 60.9 cm³/mol. The molecule has 2 aromatic rings. The Morgan fingerprint density at radius 3 is 2.65 bits per heavy atom. The van der Waals surface area contributed by atoms with Gasteiger partial charge >= 0.3 is 0 Å². The molecule has 1 N–H and O–H groups in total. The quantitative estimate of drug-likeness (QED) is 0.886. The lowest BCUT2D eigenvalue weighted by molar-refractivity contribution is 0.207. The molecule has 0 aliphatic rings. The summed E-state index contributed by atoms with van der Waals surface area (Å²) in [6, 6.07) is 1.46. The van der Waals surface area contributed by atoms with Gasteiger partial charge in [-0.25, -0.2) is 9.37 Å². The molecule has 1 unspecified atom stereocenters. The molecule has 90 valence electrons. The van der Waals surface area contributed by atoms with Crippen molar-refractivity contribution in [3.05, 3.63) is 48.1 Å². The largest absolute Gasteiger partial charge is 0.382 e. The summed E-state index contributed by atoms with van der Waals surface area (Å²) in [5, 5.41) is 10.2. The molecule has 0 saturated carbocycles. The number of imidazole rings is 1. The van der Waals surface area contributed by atoms with Gasteiger partial charge in [0, 0.05) is 17.8 Å². The summed E-state index contributed by atoms with van der Waals surface area (Å²) in [6.07, 6.45) is 4.87. The fraction of sp³-hybridized carbons (Fsp3) is 0.333. The Morgan fingerprint density at radius 2 is 2.00 bits per heavy atom. The van der Waals surface area contributed by atoms with Crippen molar-refractivity contribution in [2.75, 3.05) is 0 Å². The van der Waals surface area contributed by atoms with Gasteiger partial charge in [0.25, 0.3) is 0 Å². The molecule has 17 heavy (non-hydrogen) atoms. The fourth-order valence-corrected chi connectivity index (χ4v) is 1.71. The summed E-state index contributed by atoms with van der Waals surface area (Å²) in [5.74, 6) is -0.461. The van der Waals surface area contributed by atoms with E-state index in [2.05, 4.69) is 9.97 Å². The zero-order valence-electron chi connectivity index (χ0n) is 9.71. The second-order valence-corrected chi connectivity index (χ2v) is 4.16. The van der Waals surface area contributed by atoms with Crippen LogP contribution < -0.4 is 0 Å². The Bertz CT molecular complexity index is 510. The molecule has 0 spiro atoms. The first-order valence-electron chi connectivity index (χ1n) is 5.40. The molecular formula is C12H14FN3O. The van der Waals surface area contributed by atoms with E-state index in [0.29, 0.717) is 11.3 Å². The van der Waals surface area contributed by atoms with Crippen molar-refractivity contribution >= 4 is 0 Å². The summed E-state index contributed by atoms with van der Waals surface area (Å²) in [5.41, 5.74) is 1.06. The highest BCUT2D eigenvalue weighted by atomic mass is 19.1. The van der Waals surface area contributed by atoms with E-state index in [1.54, 1.807) is 12.5 Å². The number of hydrogen-bond acceptors (Lipinski definition) is 3. The maximum atomic E-state index is 13.0. The van der Waals surface area contributed by atoms with Gasteiger partial charge in [-0.1, -0.05) is 0 Å². The second-order valence-electron chi connectivity index (χ2n) is 4.16. The monoisotopic (exact) mass is 235 g/mol. The van der Waals surface area contributed by atoms with Gasteiger partial charge in [0.2, 0.25) is 0 Å². The first-order chi connectivity index (χ1) is 8.09. The van der Waals surface area contributed by atoms with Crippen LogP contribution in [0.4, 0.5) is 4.39 Å². The fourth-order valence-electron chi connectivity index (χ4n) is 1.71. The van der Waals surface area contributed by atoms with Crippen LogP contribution in [0.1, 0.15) is 37.3 Å². The molecule has 0 bridgehead atoms. The summed E-state index contributed by atoms with van der Waals surface area (Å²) < 4.78 is 14.9. The summed E-state index contributed by atoms with van der Waals surface area (Å²) in [6.45, 7) is 3.98. The molecule has 4 nitrogen and oxygen atoms in total. The topological polar surface area (TPSA) is 50.9 Å². The zero-order valence-corrected chi connectivity index (χ0v) is 9.71. The lowest BCUT2D eigenvalue weighted by Gasteiger charge is -2.16. The normalized spacial score (nSPS) is 13.0. The lowest BCUT2D eigenvalue weighted by atomic mass is 10.1. The van der Waals surface area contributed by atoms with Crippen molar-refractivity contribution in [3.63, 3.8) is 0 Å². The maximum absolute atomic E-state index is 13.0. The van der Waals surface area contributed by atoms with E-state index in [0.717, 1.165) is 6.20 Å². The summed E-state index contributed by atoms with van der Waals surface area (Å²) in [7, 11) is 0. The number of aromatic nitrogens is 3. The van der Waals surface area contributed by atoms with Crippen molar-refractivity contribution in [2.24, 2.45) is 0 Å². The summed E-state index contributed by atoms with van der Waals surface area (Å²) >= 11 is 0. The van der Waals surface area contributed by atoms with Gasteiger partial charge in [0.05, 0.1) is 24.4 Å². The number of aliphatic hydroxyl groups is 1. The van der Waals surface area contributed by atoms with Crippen molar-refractivity contribution in [2.45, 2.75) is 26.0 Å². The first-order valence-corrected chi connectivity index (χ1v) is 5.40. The Hall–Kier alpha value is -1.75. The zero-order chi connectivity index (χ0) is 12.4. The molecule has 0 fully saturated rings. The highest BCUT2D eigenvalue weighted by Gasteiger charge is 2.17. The predicted octanol–water partition coefficient (Wildman–Crippen LogP) is 2.08. The molecule has 0 radical (unpaired) electrons. The molecule has 0 aliphatic heterocycles. The van der Waals surface area contributed by atoms with Crippen LogP contribution >= 0.6 is 0 Å². The summed E-state index contributed by atoms with van der Waals surface area (Å²) in [4.78, 5) is 7.73. The van der Waals surface area contributed by atoms with Crippen LogP contribution in [0.15, 0.2) is 31.0 Å². The Kier molecular flexibility index (Phi) is 3.19. The van der Waals surface area contributed by atoms with Gasteiger partial charge in [-0.3, -0.25) is 4.98 Å². The van der Waals surface area contributed by atoms with E-state index in [1.807, 2.05) is 18.4 Å². The number of aliphatic hydroxyl groups excluding tert-OH is 1. The molecular weight excluding hydrogens is 221 g/mol. The van der Waals surface area contributed by atoms with Crippen molar-refractivity contribution < 1.29 is 9.50 Å². The number of halogens is 1. The van der Waals surface area contributed by atoms with Crippen LogP contribution in [0, 0.1) is 5.82 Å². The Morgan fingerprint density at radius 1 is 1.24 bits per heavy atom. The molecule has 0 aromatic carbocycles. The SMILES string of the molecule is CC(C)n1cncc1C(O)c1cncc(F)c1. The molecule has 2 heterocycles. The van der Waals surface area contributed by atoms with Crippen molar-refractivity contribution in [3.8, 4) is 0 Å². The number of nitrogens with zero attached hydrogens (tertiary/aromatic N) is 3. The van der Waals surface area contributed by atoms with Crippen LogP contribution in [0.25, 0.3) is 0 Å². The second kappa shape index (κ2) is 4.63. The number of hydrogen-bond donors (Lipinski definition) is 1. The minimum absolute atomic E-state index is 0.184. The Balaban J connectivity index is 2.37. The van der Waals surface area contributed by atoms with Crippen LogP contribution in [0.2, 0.25) is 0 Å². The molecule has 2 aromatic heterocycles. The van der Waals surface area contributed by atoms with E-state index in [1.165, 1.54) is 12.3 Å². The molecule has 0 amide bonds. The lowest BCUT2D eigenvalue weighted by Crippen LogP contribution is -2.10. The highest BCUT2D eigenvalue weighted by molar-refractivity contribution is 5.22. The molecule has 0 saturated heterocycles. The molecule has 0 aliphatic carbocycles. The van der Waals surface area contributed by atoms with E-state index in [9.17, 15) is 9.50 Å². The average molecular weight is 235 g/mol. The standard InChI is InChI=1S/C12H14FN3O/c1-8(2)16-7-15-6-11(16)12(17)9-3-10(13)5-14-4-9/h3-8,12,17H,1-2H3. The van der Waals surface area contributed by atoms with Crippen LogP contribution in [-0.2, 0) is 0 Å². The van der Waals surface area contributed by atoms with E-state index < -0.39 is 11.9 Å². The van der Waals surface area contributed by atoms with Gasteiger partial charge in [0.15, 0.2) is 0 Å². The third-order valence-electron chi connectivity index (χ3n) is 2.57. The van der Waals surface area contributed by atoms with Crippen LogP contribution in [0.3, 0.4) is 0 Å². The minimum Gasteiger partial charge on any atom is -0.382 e. The van der Waals surface area contributed by atoms with Crippen LogP contribution in [-0.4, -0.2) is 19.6 Å². The number of rotatable bonds is 3. The molecule has 1 atom stereocenters. The molecule has 5 heteroatoms. The minimum atomic E-state index is -0.914. The Labute approximate surface area is 98.8 Å². The van der Waals surface area contributed by atoms with Crippen molar-refractivity contribution in [1.82, 2.24) is 14.5 Å². The van der Waals surface area contributed by atoms with Gasteiger partial charge in [-0.2, -0.15) is 0 Å². The van der Waals surface area contributed by atoms with Gasteiger partial charge in [-0.15, -0.1) is 0 Å². The van der Waals surface area contributed by atoms with Crippen LogP contribution in [0.5, 0.6) is 0 Å². The van der Waals surface area contributed by atoms with Crippen molar-refractivity contribution in [1.29, 1.82) is 0 Å².